The van der Waals surface area contributed by atoms with Gasteiger partial charge in [0.1, 0.15) is 5.82 Å². The van der Waals surface area contributed by atoms with Crippen LogP contribution in [0.5, 0.6) is 0 Å². The van der Waals surface area contributed by atoms with Gasteiger partial charge in [-0.1, -0.05) is 6.92 Å². The number of benzene rings is 1. The van der Waals surface area contributed by atoms with Crippen molar-refractivity contribution in [3.05, 3.63) is 30.1 Å². The summed E-state index contributed by atoms with van der Waals surface area (Å²) in [7, 11) is 0. The molecule has 1 rings (SSSR count). The highest BCUT2D eigenvalue weighted by Gasteiger charge is 2.09. The van der Waals surface area contributed by atoms with E-state index in [0.29, 0.717) is 13.2 Å². The van der Waals surface area contributed by atoms with Gasteiger partial charge in [0, 0.05) is 17.2 Å². The first-order valence-corrected chi connectivity index (χ1v) is 7.40. The summed E-state index contributed by atoms with van der Waals surface area (Å²) in [6.07, 6.45) is 0. The van der Waals surface area contributed by atoms with E-state index in [1.165, 1.54) is 12.1 Å². The molecule has 1 aromatic rings. The number of likely N-dealkylation sites (N-methyl/N-ethyl adjacent to an activating group) is 1. The fourth-order valence-electron chi connectivity index (χ4n) is 1.56. The minimum Gasteiger partial charge on any atom is -0.465 e. The van der Waals surface area contributed by atoms with Crippen LogP contribution in [0.25, 0.3) is 0 Å². The molecule has 5 heteroatoms. The Hall–Kier alpha value is -1.07. The molecular weight excluding hydrogens is 265 g/mol. The van der Waals surface area contributed by atoms with Crippen molar-refractivity contribution in [2.75, 3.05) is 32.0 Å². The molecule has 0 fully saturated rings. The molecule has 0 heterocycles. The van der Waals surface area contributed by atoms with Crippen molar-refractivity contribution in [3.8, 4) is 0 Å². The van der Waals surface area contributed by atoms with E-state index in [1.54, 1.807) is 30.8 Å². The van der Waals surface area contributed by atoms with Gasteiger partial charge in [0.25, 0.3) is 0 Å². The molecule has 1 aromatic carbocycles. The number of hydrogen-bond donors (Lipinski definition) is 0. The molecule has 106 valence electrons. The average molecular weight is 285 g/mol. The quantitative estimate of drug-likeness (QED) is 0.542. The SMILES string of the molecule is CCOC(=O)CN(CC)CCSc1ccc(F)cc1. The highest BCUT2D eigenvalue weighted by molar-refractivity contribution is 7.99. The maximum atomic E-state index is 12.7. The zero-order valence-electron chi connectivity index (χ0n) is 11.4. The van der Waals surface area contributed by atoms with E-state index in [2.05, 4.69) is 0 Å². The Morgan fingerprint density at radius 1 is 1.32 bits per heavy atom. The normalized spacial score (nSPS) is 10.7. The Kier molecular flexibility index (Phi) is 7.52. The summed E-state index contributed by atoms with van der Waals surface area (Å²) in [5.41, 5.74) is 0. The standard InChI is InChI=1S/C14H20FNO2S/c1-3-16(11-14(17)18-4-2)9-10-19-13-7-5-12(15)6-8-13/h5-8H,3-4,9-11H2,1-2H3. The van der Waals surface area contributed by atoms with Crippen molar-refractivity contribution in [1.29, 1.82) is 0 Å². The summed E-state index contributed by atoms with van der Waals surface area (Å²) in [5.74, 6) is 0.455. The predicted molar refractivity (Wildman–Crippen MR) is 75.9 cm³/mol. The van der Waals surface area contributed by atoms with Crippen LogP contribution in [0.4, 0.5) is 4.39 Å². The lowest BCUT2D eigenvalue weighted by Crippen LogP contribution is -2.32. The van der Waals surface area contributed by atoms with Crippen molar-refractivity contribution in [2.45, 2.75) is 18.7 Å². The average Bonchev–Trinajstić information content (AvgIpc) is 2.40. The minimum atomic E-state index is -0.221. The molecule has 0 saturated heterocycles. The first-order chi connectivity index (χ1) is 9.15. The molecule has 0 amide bonds. The van der Waals surface area contributed by atoms with Gasteiger partial charge in [-0.05, 0) is 37.7 Å². The van der Waals surface area contributed by atoms with Crippen LogP contribution < -0.4 is 0 Å². The number of esters is 1. The van der Waals surface area contributed by atoms with Crippen LogP contribution in [0.15, 0.2) is 29.2 Å². The third kappa shape index (κ3) is 6.59. The number of hydrogen-bond acceptors (Lipinski definition) is 4. The largest absolute Gasteiger partial charge is 0.465 e. The Bertz CT molecular complexity index is 384. The molecule has 0 aliphatic carbocycles. The van der Waals surface area contributed by atoms with Crippen LogP contribution in [0.2, 0.25) is 0 Å². The number of carbonyl (C=O) groups is 1. The summed E-state index contributed by atoms with van der Waals surface area (Å²) < 4.78 is 17.7. The lowest BCUT2D eigenvalue weighted by Gasteiger charge is -2.18. The zero-order valence-corrected chi connectivity index (χ0v) is 12.2. The van der Waals surface area contributed by atoms with Crippen molar-refractivity contribution in [2.24, 2.45) is 0 Å². The molecular formula is C14H20FNO2S. The van der Waals surface area contributed by atoms with Gasteiger partial charge in [0.15, 0.2) is 0 Å². The van der Waals surface area contributed by atoms with E-state index in [4.69, 9.17) is 4.74 Å². The smallest absolute Gasteiger partial charge is 0.320 e. The lowest BCUT2D eigenvalue weighted by atomic mass is 10.4. The van der Waals surface area contributed by atoms with Gasteiger partial charge in [0.05, 0.1) is 13.2 Å². The Labute approximate surface area is 118 Å². The van der Waals surface area contributed by atoms with Crippen molar-refractivity contribution < 1.29 is 13.9 Å². The molecule has 19 heavy (non-hydrogen) atoms. The van der Waals surface area contributed by atoms with Crippen LogP contribution in [0, 0.1) is 5.82 Å². The predicted octanol–water partition coefficient (Wildman–Crippen LogP) is 2.80. The van der Waals surface area contributed by atoms with Gasteiger partial charge in [0.2, 0.25) is 0 Å². The van der Waals surface area contributed by atoms with Crippen molar-refractivity contribution in [1.82, 2.24) is 4.90 Å². The van der Waals surface area contributed by atoms with Gasteiger partial charge >= 0.3 is 5.97 Å². The Morgan fingerprint density at radius 3 is 2.58 bits per heavy atom. The van der Waals surface area contributed by atoms with Crippen LogP contribution >= 0.6 is 11.8 Å². The molecule has 0 unspecified atom stereocenters. The monoisotopic (exact) mass is 285 g/mol. The van der Waals surface area contributed by atoms with Crippen LogP contribution in [0.3, 0.4) is 0 Å². The Morgan fingerprint density at radius 2 is 2.00 bits per heavy atom. The molecule has 3 nitrogen and oxygen atoms in total. The summed E-state index contributed by atoms with van der Waals surface area (Å²) in [4.78, 5) is 14.4. The maximum absolute atomic E-state index is 12.7. The third-order valence-electron chi connectivity index (χ3n) is 2.60. The van der Waals surface area contributed by atoms with E-state index in [-0.39, 0.29) is 11.8 Å². The number of halogens is 1. The first-order valence-electron chi connectivity index (χ1n) is 6.42. The minimum absolute atomic E-state index is 0.184. The summed E-state index contributed by atoms with van der Waals surface area (Å²) in [6, 6.07) is 6.44. The van der Waals surface area contributed by atoms with Gasteiger partial charge in [-0.25, -0.2) is 4.39 Å². The highest BCUT2D eigenvalue weighted by Crippen LogP contribution is 2.17. The van der Waals surface area contributed by atoms with E-state index in [9.17, 15) is 9.18 Å². The summed E-state index contributed by atoms with van der Waals surface area (Å²) >= 11 is 1.65. The molecule has 0 aliphatic rings. The maximum Gasteiger partial charge on any atom is 0.320 e. The molecule has 0 spiro atoms. The van der Waals surface area contributed by atoms with Crippen molar-refractivity contribution >= 4 is 17.7 Å². The number of thioether (sulfide) groups is 1. The van der Waals surface area contributed by atoms with Crippen LogP contribution in [-0.4, -0.2) is 42.9 Å². The lowest BCUT2D eigenvalue weighted by molar-refractivity contribution is -0.144. The topological polar surface area (TPSA) is 29.5 Å². The third-order valence-corrected chi connectivity index (χ3v) is 3.59. The zero-order chi connectivity index (χ0) is 14.1. The fourth-order valence-corrected chi connectivity index (χ4v) is 2.48. The van der Waals surface area contributed by atoms with E-state index < -0.39 is 0 Å². The van der Waals surface area contributed by atoms with E-state index in [1.807, 2.05) is 11.8 Å². The first kappa shape index (κ1) is 16.0. The summed E-state index contributed by atoms with van der Waals surface area (Å²) in [5, 5.41) is 0. The number of nitrogens with zero attached hydrogens (tertiary/aromatic N) is 1. The number of ether oxygens (including phenoxy) is 1. The molecule has 0 N–H and O–H groups in total. The fraction of sp³-hybridized carbons (Fsp3) is 0.500. The van der Waals surface area contributed by atoms with E-state index in [0.717, 1.165) is 23.7 Å². The molecule has 0 radical (unpaired) electrons. The van der Waals surface area contributed by atoms with E-state index >= 15 is 0 Å². The molecule has 0 bridgehead atoms. The highest BCUT2D eigenvalue weighted by atomic mass is 32.2. The molecule has 0 saturated carbocycles. The molecule has 0 aliphatic heterocycles. The van der Waals surface area contributed by atoms with Gasteiger partial charge in [-0.15, -0.1) is 11.8 Å². The second kappa shape index (κ2) is 8.93. The molecule has 0 atom stereocenters. The van der Waals surface area contributed by atoms with Gasteiger partial charge < -0.3 is 4.74 Å². The number of rotatable bonds is 8. The second-order valence-electron chi connectivity index (χ2n) is 3.98. The summed E-state index contributed by atoms with van der Waals surface area (Å²) in [6.45, 7) is 6.18. The van der Waals surface area contributed by atoms with Crippen molar-refractivity contribution in [3.63, 3.8) is 0 Å². The molecule has 0 aromatic heterocycles. The van der Waals surface area contributed by atoms with Crippen LogP contribution in [0.1, 0.15) is 13.8 Å². The van der Waals surface area contributed by atoms with Gasteiger partial charge in [-0.2, -0.15) is 0 Å². The Balaban J connectivity index is 2.29. The van der Waals surface area contributed by atoms with Gasteiger partial charge in [-0.3, -0.25) is 9.69 Å². The number of carbonyl (C=O) groups excluding carboxylic acids is 1. The second-order valence-corrected chi connectivity index (χ2v) is 5.14. The van der Waals surface area contributed by atoms with Crippen LogP contribution in [-0.2, 0) is 9.53 Å².